The van der Waals surface area contributed by atoms with Gasteiger partial charge in [0, 0.05) is 33.6 Å². The molecule has 0 radical (unpaired) electrons. The highest BCUT2D eigenvalue weighted by molar-refractivity contribution is 5.77. The van der Waals surface area contributed by atoms with Crippen LogP contribution in [0, 0.1) is 0 Å². The number of carboxylic acids is 2. The summed E-state index contributed by atoms with van der Waals surface area (Å²) in [4.78, 5) is 64.2. The van der Waals surface area contributed by atoms with Crippen LogP contribution in [0.4, 0.5) is 0 Å². The second-order valence-corrected chi connectivity index (χ2v) is 21.8. The Kier molecular flexibility index (Phi) is 25.6. The largest absolute Gasteiger partial charge is 0.477 e. The van der Waals surface area contributed by atoms with Crippen molar-refractivity contribution in [2.45, 2.75) is 229 Å². The molecule has 40 nitrogen and oxygen atoms in total. The van der Waals surface area contributed by atoms with E-state index in [9.17, 15) is 131 Å². The van der Waals surface area contributed by atoms with Crippen LogP contribution in [0.1, 0.15) is 33.6 Å². The lowest BCUT2D eigenvalue weighted by Crippen LogP contribution is -2.72. The molecule has 0 aromatic heterocycles. The monoisotopic (exact) mass is 1290 g/mol. The van der Waals surface area contributed by atoms with Crippen LogP contribution in [0.15, 0.2) is 0 Å². The van der Waals surface area contributed by atoms with Gasteiger partial charge in [0.15, 0.2) is 25.2 Å². The Balaban J connectivity index is 1.29. The molecule has 88 heavy (non-hydrogen) atoms. The predicted octanol–water partition coefficient (Wildman–Crippen LogP) is -15.3. The molecule has 0 aliphatic carbocycles. The van der Waals surface area contributed by atoms with Crippen molar-refractivity contribution in [3.05, 3.63) is 0 Å². The number of aliphatic hydroxyl groups excluding tert-OH is 19. The average molecular weight is 1290 g/mol. The van der Waals surface area contributed by atoms with E-state index in [1.807, 2.05) is 0 Å². The fraction of sp³-hybridized carbons (Fsp3) is 0.896. The van der Waals surface area contributed by atoms with Crippen LogP contribution >= 0.6 is 0 Å². The molecule has 0 bridgehead atoms. The molecule has 3 amide bonds. The standard InChI is InChI=1S/C48H79N3O37/c1-12(58)49-23-15(61)4-47(45(74)75,86-38(23)26(64)17(63)6-52)85-20(9-55)29(67)39-24(50-13(2)59)16(62)5-48(87-39,46(76)77)88-40-28(66)19(8-54)80-44(34(40)72)84-37-25(51-14(3)60)42(79-18(7-53)27(37)65)82-36-22(11-57)81-43(33(71)31(36)69)83-35-21(10-56)78-41(73)32(70)30(35)68/h15-44,52-57,61-73H,4-11H2,1-3H3,(H,49,58)(H,50,59)(H,51,60)(H,74,75)(H,76,77)/t15-,16-,17+,18+,19+,20+,21+,22+,23+,24+,25+,26+,27-,28-,29+,30+,31+,32+,33+,34+,35+,36-,37+,38+,39+,40-,41-,42-,43-,44-,47+,48-/m0/s1. The van der Waals surface area contributed by atoms with Gasteiger partial charge in [0.2, 0.25) is 17.7 Å². The number of hydrogen-bond donors (Lipinski definition) is 24. The van der Waals surface area contributed by atoms with E-state index in [1.54, 1.807) is 0 Å². The topological polar surface area (TPSA) is 648 Å². The summed E-state index contributed by atoms with van der Waals surface area (Å²) in [5.41, 5.74) is 0. The van der Waals surface area contributed by atoms with E-state index in [4.69, 9.17) is 52.1 Å². The number of nitrogens with one attached hydrogen (secondary N) is 3. The number of carboxylic acid groups (broad SMARTS) is 2. The van der Waals surface area contributed by atoms with Gasteiger partial charge in [0.05, 0.1) is 63.9 Å². The minimum absolute atomic E-state index is 0.876. The highest BCUT2D eigenvalue weighted by Gasteiger charge is 2.63. The molecule has 0 aromatic rings. The molecule has 508 valence electrons. The molecule has 6 fully saturated rings. The van der Waals surface area contributed by atoms with Gasteiger partial charge in [0.25, 0.3) is 11.6 Å². The summed E-state index contributed by atoms with van der Waals surface area (Å²) in [6.45, 7) is -4.36. The van der Waals surface area contributed by atoms with Crippen molar-refractivity contribution in [2.24, 2.45) is 0 Å². The lowest BCUT2D eigenvalue weighted by atomic mass is 9.87. The maximum atomic E-state index is 13.6. The molecule has 40 heteroatoms. The number of carbonyl (C=O) groups is 5. The molecule has 6 aliphatic rings. The molecular weight excluding hydrogens is 1210 g/mol. The Morgan fingerprint density at radius 2 is 0.875 bits per heavy atom. The van der Waals surface area contributed by atoms with Crippen molar-refractivity contribution in [1.82, 2.24) is 16.0 Å². The number of aliphatic carboxylic acids is 2. The third kappa shape index (κ3) is 15.6. The van der Waals surface area contributed by atoms with Crippen LogP contribution in [-0.2, 0) is 76.1 Å². The summed E-state index contributed by atoms with van der Waals surface area (Å²) in [6, 6.07) is -5.67. The zero-order valence-corrected chi connectivity index (χ0v) is 46.9. The molecular formula is C48H79N3O37. The van der Waals surface area contributed by atoms with Gasteiger partial charge in [-0.15, -0.1) is 0 Å². The van der Waals surface area contributed by atoms with Crippen molar-refractivity contribution >= 4 is 29.7 Å². The summed E-state index contributed by atoms with van der Waals surface area (Å²) in [5.74, 6) is -14.1. The number of carbonyl (C=O) groups excluding carboxylic acids is 3. The van der Waals surface area contributed by atoms with Gasteiger partial charge in [0.1, 0.15) is 134 Å². The Morgan fingerprint density at radius 3 is 1.36 bits per heavy atom. The van der Waals surface area contributed by atoms with E-state index in [1.165, 1.54) is 0 Å². The maximum absolute atomic E-state index is 13.6. The molecule has 24 N–H and O–H groups in total. The van der Waals surface area contributed by atoms with Crippen molar-refractivity contribution in [1.29, 1.82) is 0 Å². The predicted molar refractivity (Wildman–Crippen MR) is 268 cm³/mol. The first-order valence-electron chi connectivity index (χ1n) is 27.4. The molecule has 0 spiro atoms. The Morgan fingerprint density at radius 1 is 0.466 bits per heavy atom. The van der Waals surface area contributed by atoms with Crippen LogP contribution in [0.25, 0.3) is 0 Å². The van der Waals surface area contributed by atoms with Gasteiger partial charge in [-0.1, -0.05) is 0 Å². The first-order chi connectivity index (χ1) is 41.3. The van der Waals surface area contributed by atoms with Crippen molar-refractivity contribution in [3.8, 4) is 0 Å². The summed E-state index contributed by atoms with van der Waals surface area (Å²) < 4.78 is 62.4. The summed E-state index contributed by atoms with van der Waals surface area (Å²) in [5, 5.41) is 234. The number of ether oxygens (including phenoxy) is 11. The number of amides is 3. The first kappa shape index (κ1) is 73.2. The minimum Gasteiger partial charge on any atom is -0.477 e. The van der Waals surface area contributed by atoms with E-state index in [0.29, 0.717) is 0 Å². The van der Waals surface area contributed by atoms with Crippen LogP contribution in [0.5, 0.6) is 0 Å². The molecule has 32 atom stereocenters. The number of hydrogen-bond acceptors (Lipinski definition) is 35. The Hall–Kier alpha value is -3.85. The smallest absolute Gasteiger partial charge is 0.364 e. The molecule has 6 heterocycles. The quantitative estimate of drug-likeness (QED) is 0.0404. The zero-order chi connectivity index (χ0) is 65.8. The second kappa shape index (κ2) is 30.7. The minimum atomic E-state index is -3.50. The van der Waals surface area contributed by atoms with Gasteiger partial charge in [-0.3, -0.25) is 14.4 Å². The van der Waals surface area contributed by atoms with Gasteiger partial charge in [-0.05, 0) is 0 Å². The lowest BCUT2D eigenvalue weighted by Gasteiger charge is -2.52. The summed E-state index contributed by atoms with van der Waals surface area (Å²) in [7, 11) is 0. The van der Waals surface area contributed by atoms with Crippen LogP contribution in [0.2, 0.25) is 0 Å². The van der Waals surface area contributed by atoms with Gasteiger partial charge >= 0.3 is 11.9 Å². The van der Waals surface area contributed by atoms with Crippen LogP contribution in [-0.4, -0.2) is 372 Å². The van der Waals surface area contributed by atoms with E-state index < -0.39 is 277 Å². The summed E-state index contributed by atoms with van der Waals surface area (Å²) >= 11 is 0. The first-order valence-corrected chi connectivity index (χ1v) is 27.4. The Bertz CT molecular complexity index is 2320. The van der Waals surface area contributed by atoms with Gasteiger partial charge in [-0.2, -0.15) is 0 Å². The van der Waals surface area contributed by atoms with Gasteiger partial charge in [-0.25, -0.2) is 9.59 Å². The highest BCUT2D eigenvalue weighted by Crippen LogP contribution is 2.41. The van der Waals surface area contributed by atoms with E-state index in [-0.39, 0.29) is 0 Å². The van der Waals surface area contributed by atoms with E-state index in [0.717, 1.165) is 20.8 Å². The SMILES string of the molecule is CC(=O)N[C@H]1[C@H](O[C@@H]2[C@H](O)[C@@H](O)[C@H](O[C@H]3[C@H](O)[C@@H](O)[C@@H](O)O[C@@H]3CO)O[C@@H]2CO)O[C@H](CO)[C@H](O)[C@@H]1O[C@@H]1O[C@H](CO)[C@H](O)[C@H](O[C@]2(C(=O)O)C[C@H](O)[C@@H](NC(C)=O)[C@H]([C@H](O)[C@@H](CO)O[C@]3(C(=O)O)C[C@H](O)[C@@H](NC(C)=O)[C@H]([C@H](O)[C@H](O)CO)O3)O2)[C@H]1O. The van der Waals surface area contributed by atoms with E-state index in [2.05, 4.69) is 16.0 Å². The normalized spacial score (nSPS) is 44.6. The zero-order valence-electron chi connectivity index (χ0n) is 46.9. The molecule has 0 saturated carbocycles. The molecule has 6 saturated heterocycles. The van der Waals surface area contributed by atoms with Crippen molar-refractivity contribution < 1.29 is 183 Å². The lowest BCUT2D eigenvalue weighted by molar-refractivity contribution is -0.389. The Labute approximate surface area is 496 Å². The molecule has 6 aliphatic heterocycles. The fourth-order valence-corrected chi connectivity index (χ4v) is 11.1. The number of rotatable bonds is 25. The molecule has 0 unspecified atom stereocenters. The average Bonchev–Trinajstić information content (AvgIpc) is 1.26. The van der Waals surface area contributed by atoms with E-state index >= 15 is 0 Å². The van der Waals surface area contributed by atoms with Crippen LogP contribution < -0.4 is 16.0 Å². The second-order valence-electron chi connectivity index (χ2n) is 21.8. The van der Waals surface area contributed by atoms with Gasteiger partial charge < -0.3 is 175 Å². The highest BCUT2D eigenvalue weighted by atomic mass is 16.8. The van der Waals surface area contributed by atoms with Crippen molar-refractivity contribution in [2.75, 3.05) is 39.6 Å². The van der Waals surface area contributed by atoms with Crippen LogP contribution in [0.3, 0.4) is 0 Å². The summed E-state index contributed by atoms with van der Waals surface area (Å²) in [6.07, 6.45) is -60.8. The molecule has 0 aromatic carbocycles. The third-order valence-corrected chi connectivity index (χ3v) is 15.6. The third-order valence-electron chi connectivity index (χ3n) is 15.6. The molecule has 6 rings (SSSR count). The maximum Gasteiger partial charge on any atom is 0.364 e. The van der Waals surface area contributed by atoms with Crippen molar-refractivity contribution in [3.63, 3.8) is 0 Å². The fourth-order valence-electron chi connectivity index (χ4n) is 11.1. The number of aliphatic hydroxyl groups is 19.